The first-order valence-corrected chi connectivity index (χ1v) is 8.35. The van der Waals surface area contributed by atoms with Gasteiger partial charge in [0.2, 0.25) is 17.8 Å². The molecule has 0 unspecified atom stereocenters. The molecule has 0 aliphatic rings. The number of halogens is 1. The Labute approximate surface area is 147 Å². The molecule has 1 N–H and O–H groups in total. The average molecular weight is 384 g/mol. The van der Waals surface area contributed by atoms with Gasteiger partial charge in [-0.15, -0.1) is 0 Å². The largest absolute Gasteiger partial charge is 0.481 e. The van der Waals surface area contributed by atoms with E-state index in [4.69, 9.17) is 4.74 Å². The van der Waals surface area contributed by atoms with Gasteiger partial charge in [0.25, 0.3) is 10.0 Å². The lowest BCUT2D eigenvalue weighted by Crippen LogP contribution is -2.47. The summed E-state index contributed by atoms with van der Waals surface area (Å²) in [7, 11) is -2.20. The zero-order valence-corrected chi connectivity index (χ0v) is 14.4. The van der Waals surface area contributed by atoms with Crippen molar-refractivity contribution in [3.05, 3.63) is 42.3 Å². The number of nitrogens with zero attached hydrogens (tertiary/aromatic N) is 3. The van der Waals surface area contributed by atoms with Crippen LogP contribution in [0.4, 0.5) is 19.9 Å². The van der Waals surface area contributed by atoms with Crippen molar-refractivity contribution in [3.63, 3.8) is 0 Å². The van der Waals surface area contributed by atoms with Crippen molar-refractivity contribution in [2.75, 3.05) is 19.1 Å². The molecule has 0 saturated heterocycles. The number of ether oxygens (including phenoxy) is 2. The smallest absolute Gasteiger partial charge is 0.424 e. The molecular weight excluding hydrogens is 371 g/mol. The Balaban J connectivity index is 2.40. The quantitative estimate of drug-likeness (QED) is 0.781. The predicted octanol–water partition coefficient (Wildman–Crippen LogP) is 1.30. The molecule has 1 aromatic heterocycles. The number of aromatic nitrogens is 2. The standard InChI is InChI=1S/C14H13FN4O6S/c1-24-11-8-10(15)16-12(17-11)19(14(21)25-2)13(20)18-26(22,23)9-6-4-3-5-7-9/h3-8H,1-2H3,(H,18,20). The third-order valence-electron chi connectivity index (χ3n) is 2.90. The van der Waals surface area contributed by atoms with Gasteiger partial charge in [-0.1, -0.05) is 18.2 Å². The highest BCUT2D eigenvalue weighted by Crippen LogP contribution is 2.17. The second-order valence-electron chi connectivity index (χ2n) is 4.56. The molecule has 2 aromatic rings. The van der Waals surface area contributed by atoms with Gasteiger partial charge in [-0.25, -0.2) is 22.7 Å². The van der Waals surface area contributed by atoms with E-state index in [1.54, 1.807) is 10.8 Å². The van der Waals surface area contributed by atoms with Gasteiger partial charge in [0.1, 0.15) is 0 Å². The number of amides is 3. The molecule has 0 atom stereocenters. The highest BCUT2D eigenvalue weighted by molar-refractivity contribution is 7.90. The van der Waals surface area contributed by atoms with E-state index in [0.717, 1.165) is 13.2 Å². The summed E-state index contributed by atoms with van der Waals surface area (Å²) >= 11 is 0. The summed E-state index contributed by atoms with van der Waals surface area (Å²) in [4.78, 5) is 31.0. The van der Waals surface area contributed by atoms with E-state index in [1.165, 1.54) is 31.4 Å². The highest BCUT2D eigenvalue weighted by Gasteiger charge is 2.31. The lowest BCUT2D eigenvalue weighted by atomic mass is 10.4. The van der Waals surface area contributed by atoms with E-state index in [1.807, 2.05) is 0 Å². The van der Waals surface area contributed by atoms with Crippen LogP contribution in [0.15, 0.2) is 41.3 Å². The second-order valence-corrected chi connectivity index (χ2v) is 6.24. The van der Waals surface area contributed by atoms with Crippen LogP contribution in [-0.4, -0.2) is 44.7 Å². The van der Waals surface area contributed by atoms with Crippen molar-refractivity contribution in [1.29, 1.82) is 0 Å². The first-order chi connectivity index (χ1) is 12.3. The van der Waals surface area contributed by atoms with Gasteiger partial charge in [0.05, 0.1) is 25.2 Å². The Morgan fingerprint density at radius 1 is 1.15 bits per heavy atom. The molecule has 0 fully saturated rings. The molecule has 0 radical (unpaired) electrons. The highest BCUT2D eigenvalue weighted by atomic mass is 32.2. The molecule has 3 amide bonds. The molecule has 0 saturated carbocycles. The first kappa shape index (κ1) is 19.1. The Hall–Kier alpha value is -3.28. The van der Waals surface area contributed by atoms with Crippen molar-refractivity contribution < 1.29 is 31.9 Å². The van der Waals surface area contributed by atoms with Crippen molar-refractivity contribution in [1.82, 2.24) is 14.7 Å². The number of anilines is 1. The molecular formula is C14H13FN4O6S. The summed E-state index contributed by atoms with van der Waals surface area (Å²) in [5, 5.41) is 0. The summed E-state index contributed by atoms with van der Waals surface area (Å²) in [6.45, 7) is 0. The van der Waals surface area contributed by atoms with Crippen LogP contribution in [0.25, 0.3) is 0 Å². The minimum absolute atomic E-state index is 0.117. The number of hydrogen-bond acceptors (Lipinski definition) is 8. The number of nitrogens with one attached hydrogen (secondary N) is 1. The number of sulfonamides is 1. The Morgan fingerprint density at radius 2 is 1.81 bits per heavy atom. The number of carbonyl (C=O) groups is 2. The number of methoxy groups -OCH3 is 2. The molecule has 1 aromatic carbocycles. The maximum absolute atomic E-state index is 13.5. The number of urea groups is 1. The van der Waals surface area contributed by atoms with Crippen LogP contribution in [0.1, 0.15) is 0 Å². The zero-order valence-electron chi connectivity index (χ0n) is 13.5. The van der Waals surface area contributed by atoms with Crippen molar-refractivity contribution in [3.8, 4) is 5.88 Å². The Bertz CT molecular complexity index is 922. The average Bonchev–Trinajstić information content (AvgIpc) is 2.61. The zero-order chi connectivity index (χ0) is 19.3. The molecule has 0 aliphatic heterocycles. The Kier molecular flexibility index (Phi) is 5.67. The molecule has 138 valence electrons. The van der Waals surface area contributed by atoms with Crippen molar-refractivity contribution in [2.45, 2.75) is 4.90 Å². The normalized spacial score (nSPS) is 10.7. The second kappa shape index (κ2) is 7.74. The van der Waals surface area contributed by atoms with Gasteiger partial charge in [-0.2, -0.15) is 19.3 Å². The van der Waals surface area contributed by atoms with E-state index >= 15 is 0 Å². The van der Waals surface area contributed by atoms with Crippen LogP contribution in [-0.2, 0) is 14.8 Å². The van der Waals surface area contributed by atoms with Crippen LogP contribution in [0.5, 0.6) is 5.88 Å². The van der Waals surface area contributed by atoms with E-state index < -0.39 is 34.0 Å². The number of benzene rings is 1. The molecule has 10 nitrogen and oxygen atoms in total. The monoisotopic (exact) mass is 384 g/mol. The summed E-state index contributed by atoms with van der Waals surface area (Å²) in [5.41, 5.74) is 0. The van der Waals surface area contributed by atoms with Gasteiger partial charge in [-0.3, -0.25) is 0 Å². The third kappa shape index (κ3) is 4.22. The molecule has 12 heteroatoms. The fourth-order valence-electron chi connectivity index (χ4n) is 1.76. The number of imide groups is 1. The Morgan fingerprint density at radius 3 is 2.38 bits per heavy atom. The molecule has 0 spiro atoms. The van der Waals surface area contributed by atoms with Crippen LogP contribution >= 0.6 is 0 Å². The molecule has 0 bridgehead atoms. The molecule has 1 heterocycles. The van der Waals surface area contributed by atoms with Crippen molar-refractivity contribution in [2.24, 2.45) is 0 Å². The SMILES string of the molecule is COC(=O)N(C(=O)NS(=O)(=O)c1ccccc1)c1nc(F)cc(OC)n1. The maximum Gasteiger partial charge on any atom is 0.424 e. The number of rotatable bonds is 4. The van der Waals surface area contributed by atoms with Crippen LogP contribution in [0.3, 0.4) is 0 Å². The van der Waals surface area contributed by atoms with E-state index in [2.05, 4.69) is 14.7 Å². The number of hydrogen-bond donors (Lipinski definition) is 1. The summed E-state index contributed by atoms with van der Waals surface area (Å²) in [5.74, 6) is -2.17. The predicted molar refractivity (Wildman–Crippen MR) is 85.6 cm³/mol. The van der Waals surface area contributed by atoms with E-state index in [0.29, 0.717) is 0 Å². The summed E-state index contributed by atoms with van der Waals surface area (Å²) in [6, 6.07) is 6.27. The fraction of sp³-hybridized carbons (Fsp3) is 0.143. The van der Waals surface area contributed by atoms with Gasteiger partial charge in [0.15, 0.2) is 0 Å². The van der Waals surface area contributed by atoms with Gasteiger partial charge < -0.3 is 9.47 Å². The van der Waals surface area contributed by atoms with Crippen LogP contribution in [0, 0.1) is 5.95 Å². The van der Waals surface area contributed by atoms with Crippen LogP contribution in [0.2, 0.25) is 0 Å². The molecule has 0 aliphatic carbocycles. The fourth-order valence-corrected chi connectivity index (χ4v) is 2.71. The molecule has 2 rings (SSSR count). The van der Waals surface area contributed by atoms with E-state index in [9.17, 15) is 22.4 Å². The lowest BCUT2D eigenvalue weighted by molar-refractivity contribution is 0.178. The van der Waals surface area contributed by atoms with Gasteiger partial charge in [-0.05, 0) is 12.1 Å². The first-order valence-electron chi connectivity index (χ1n) is 6.87. The summed E-state index contributed by atoms with van der Waals surface area (Å²) < 4.78 is 48.8. The summed E-state index contributed by atoms with van der Waals surface area (Å²) in [6.07, 6.45) is -1.33. The third-order valence-corrected chi connectivity index (χ3v) is 4.24. The van der Waals surface area contributed by atoms with Crippen molar-refractivity contribution >= 4 is 28.1 Å². The molecule has 26 heavy (non-hydrogen) atoms. The van der Waals surface area contributed by atoms with Gasteiger partial charge in [0, 0.05) is 0 Å². The minimum Gasteiger partial charge on any atom is -0.481 e. The minimum atomic E-state index is -4.31. The maximum atomic E-state index is 13.5. The topological polar surface area (TPSA) is 128 Å². The number of carbonyl (C=O) groups excluding carboxylic acids is 2. The van der Waals surface area contributed by atoms with Crippen LogP contribution < -0.4 is 14.4 Å². The lowest BCUT2D eigenvalue weighted by Gasteiger charge is -2.18. The van der Waals surface area contributed by atoms with E-state index in [-0.39, 0.29) is 15.7 Å². The van der Waals surface area contributed by atoms with Gasteiger partial charge >= 0.3 is 12.1 Å².